The van der Waals surface area contributed by atoms with Crippen LogP contribution in [0.15, 0.2) is 48.5 Å². The SMILES string of the molecule is CN(C)C(=O)N1CCN(c2ccc([N+](=O)[O-])c(Cc3ccccc3)c2)CC1. The van der Waals surface area contributed by atoms with E-state index in [1.165, 1.54) is 0 Å². The molecule has 1 heterocycles. The number of nitrogens with zero attached hydrogens (tertiary/aromatic N) is 4. The van der Waals surface area contributed by atoms with Crippen LogP contribution in [0.3, 0.4) is 0 Å². The van der Waals surface area contributed by atoms with Crippen molar-refractivity contribution >= 4 is 17.4 Å². The highest BCUT2D eigenvalue weighted by Gasteiger charge is 2.23. The summed E-state index contributed by atoms with van der Waals surface area (Å²) in [5.41, 5.74) is 2.85. The third-order valence-electron chi connectivity index (χ3n) is 4.80. The maximum absolute atomic E-state index is 12.1. The van der Waals surface area contributed by atoms with Crippen molar-refractivity contribution < 1.29 is 9.72 Å². The molecule has 0 saturated carbocycles. The molecule has 0 N–H and O–H groups in total. The Labute approximate surface area is 158 Å². The molecule has 0 unspecified atom stereocenters. The topological polar surface area (TPSA) is 69.9 Å². The molecule has 1 aliphatic rings. The van der Waals surface area contributed by atoms with Crippen LogP contribution in [-0.4, -0.2) is 61.0 Å². The molecule has 0 spiro atoms. The molecule has 2 aromatic carbocycles. The van der Waals surface area contributed by atoms with E-state index in [2.05, 4.69) is 4.90 Å². The number of urea groups is 1. The van der Waals surface area contributed by atoms with Crippen molar-refractivity contribution in [1.29, 1.82) is 0 Å². The second kappa shape index (κ2) is 8.07. The second-order valence-electron chi connectivity index (χ2n) is 6.88. The van der Waals surface area contributed by atoms with Gasteiger partial charge < -0.3 is 14.7 Å². The molecule has 1 saturated heterocycles. The van der Waals surface area contributed by atoms with Crippen molar-refractivity contribution in [2.75, 3.05) is 45.2 Å². The van der Waals surface area contributed by atoms with Crippen LogP contribution in [-0.2, 0) is 6.42 Å². The number of piperazine rings is 1. The molecule has 2 aromatic rings. The predicted octanol–water partition coefficient (Wildman–Crippen LogP) is 2.99. The van der Waals surface area contributed by atoms with Gasteiger partial charge >= 0.3 is 6.03 Å². The Balaban J connectivity index is 1.78. The highest BCUT2D eigenvalue weighted by Crippen LogP contribution is 2.28. The maximum Gasteiger partial charge on any atom is 0.319 e. The minimum absolute atomic E-state index is 0.0168. The van der Waals surface area contributed by atoms with Crippen LogP contribution in [0, 0.1) is 10.1 Å². The molecule has 0 radical (unpaired) electrons. The fraction of sp³-hybridized carbons (Fsp3) is 0.350. The van der Waals surface area contributed by atoms with Crippen LogP contribution >= 0.6 is 0 Å². The Morgan fingerprint density at radius 1 is 1.07 bits per heavy atom. The Bertz CT molecular complexity index is 815. The second-order valence-corrected chi connectivity index (χ2v) is 6.88. The zero-order valence-electron chi connectivity index (χ0n) is 15.7. The Morgan fingerprint density at radius 2 is 1.74 bits per heavy atom. The van der Waals surface area contributed by atoms with Gasteiger partial charge in [-0.2, -0.15) is 0 Å². The third kappa shape index (κ3) is 4.36. The fourth-order valence-electron chi connectivity index (χ4n) is 3.34. The molecule has 2 amide bonds. The van der Waals surface area contributed by atoms with Gasteiger partial charge in [-0.25, -0.2) is 4.79 Å². The summed E-state index contributed by atoms with van der Waals surface area (Å²) in [7, 11) is 3.50. The molecule has 7 heteroatoms. The summed E-state index contributed by atoms with van der Waals surface area (Å²) in [5.74, 6) is 0. The van der Waals surface area contributed by atoms with Crippen molar-refractivity contribution in [3.8, 4) is 0 Å². The lowest BCUT2D eigenvalue weighted by atomic mass is 10.0. The fourth-order valence-corrected chi connectivity index (χ4v) is 3.34. The number of anilines is 1. The minimum atomic E-state index is -0.324. The van der Waals surface area contributed by atoms with E-state index in [0.29, 0.717) is 38.2 Å². The van der Waals surface area contributed by atoms with Crippen molar-refractivity contribution in [2.45, 2.75) is 6.42 Å². The van der Waals surface area contributed by atoms with E-state index < -0.39 is 0 Å². The van der Waals surface area contributed by atoms with Crippen molar-refractivity contribution in [2.24, 2.45) is 0 Å². The van der Waals surface area contributed by atoms with Crippen molar-refractivity contribution in [3.05, 3.63) is 69.8 Å². The average Bonchev–Trinajstić information content (AvgIpc) is 2.68. The smallest absolute Gasteiger partial charge is 0.319 e. The predicted molar refractivity (Wildman–Crippen MR) is 105 cm³/mol. The first-order chi connectivity index (χ1) is 13.0. The minimum Gasteiger partial charge on any atom is -0.368 e. The molecule has 142 valence electrons. The third-order valence-corrected chi connectivity index (χ3v) is 4.80. The van der Waals surface area contributed by atoms with Crippen molar-refractivity contribution in [3.63, 3.8) is 0 Å². The van der Waals surface area contributed by atoms with Gasteiger partial charge in [-0.3, -0.25) is 10.1 Å². The number of amides is 2. The van der Waals surface area contributed by atoms with Crippen LogP contribution in [0.2, 0.25) is 0 Å². The number of carbonyl (C=O) groups is 1. The lowest BCUT2D eigenvalue weighted by molar-refractivity contribution is -0.385. The van der Waals surface area contributed by atoms with Gasteiger partial charge in [-0.15, -0.1) is 0 Å². The zero-order chi connectivity index (χ0) is 19.4. The number of carbonyl (C=O) groups excluding carboxylic acids is 1. The van der Waals surface area contributed by atoms with Gasteiger partial charge in [0.05, 0.1) is 4.92 Å². The Hall–Kier alpha value is -3.09. The summed E-state index contributed by atoms with van der Waals surface area (Å²) < 4.78 is 0. The van der Waals surface area contributed by atoms with Gasteiger partial charge in [0.1, 0.15) is 0 Å². The molecular formula is C20H24N4O3. The van der Waals surface area contributed by atoms with E-state index in [1.54, 1.807) is 31.1 Å². The molecular weight excluding hydrogens is 344 g/mol. The first kappa shape index (κ1) is 18.7. The summed E-state index contributed by atoms with van der Waals surface area (Å²) in [6.45, 7) is 2.70. The molecule has 0 bridgehead atoms. The number of hydrogen-bond donors (Lipinski definition) is 0. The van der Waals surface area contributed by atoms with E-state index in [4.69, 9.17) is 0 Å². The number of nitro groups is 1. The Kier molecular flexibility index (Phi) is 5.59. The monoisotopic (exact) mass is 368 g/mol. The van der Waals surface area contributed by atoms with Crippen LogP contribution in [0.4, 0.5) is 16.2 Å². The molecule has 0 aromatic heterocycles. The lowest BCUT2D eigenvalue weighted by Gasteiger charge is -2.37. The highest BCUT2D eigenvalue weighted by molar-refractivity contribution is 5.74. The lowest BCUT2D eigenvalue weighted by Crippen LogP contribution is -2.51. The number of nitro benzene ring substituents is 1. The molecule has 27 heavy (non-hydrogen) atoms. The first-order valence-electron chi connectivity index (χ1n) is 8.98. The molecule has 0 aliphatic carbocycles. The van der Waals surface area contributed by atoms with Crippen molar-refractivity contribution in [1.82, 2.24) is 9.80 Å². The standard InChI is InChI=1S/C20H24N4O3/c1-21(2)20(25)23-12-10-22(11-13-23)18-8-9-19(24(26)27)17(15-18)14-16-6-4-3-5-7-16/h3-9,15H,10-14H2,1-2H3. The van der Waals surface area contributed by atoms with Gasteiger partial charge in [-0.1, -0.05) is 30.3 Å². The summed E-state index contributed by atoms with van der Waals surface area (Å²) in [6, 6.07) is 15.1. The van der Waals surface area contributed by atoms with Gasteiger partial charge in [-0.05, 0) is 17.7 Å². The summed E-state index contributed by atoms with van der Waals surface area (Å²) in [4.78, 5) is 28.8. The molecule has 0 atom stereocenters. The first-order valence-corrected chi connectivity index (χ1v) is 8.98. The van der Waals surface area contributed by atoms with Gasteiger partial charge in [0, 0.05) is 64.0 Å². The quantitative estimate of drug-likeness (QED) is 0.614. The van der Waals surface area contributed by atoms with Crippen LogP contribution in [0.25, 0.3) is 0 Å². The van der Waals surface area contributed by atoms with E-state index in [-0.39, 0.29) is 16.6 Å². The molecule has 1 fully saturated rings. The summed E-state index contributed by atoms with van der Waals surface area (Å²) >= 11 is 0. The number of hydrogen-bond acceptors (Lipinski definition) is 4. The van der Waals surface area contributed by atoms with Crippen LogP contribution < -0.4 is 4.90 Å². The molecule has 1 aliphatic heterocycles. The van der Waals surface area contributed by atoms with E-state index >= 15 is 0 Å². The maximum atomic E-state index is 12.1. The Morgan fingerprint density at radius 3 is 2.33 bits per heavy atom. The van der Waals surface area contributed by atoms with Crippen LogP contribution in [0.5, 0.6) is 0 Å². The van der Waals surface area contributed by atoms with Gasteiger partial charge in [0.2, 0.25) is 0 Å². The summed E-state index contributed by atoms with van der Waals surface area (Å²) in [5, 5.41) is 11.4. The largest absolute Gasteiger partial charge is 0.368 e. The molecule has 7 nitrogen and oxygen atoms in total. The van der Waals surface area contributed by atoms with E-state index in [0.717, 1.165) is 11.3 Å². The zero-order valence-corrected chi connectivity index (χ0v) is 15.7. The van der Waals surface area contributed by atoms with Gasteiger partial charge in [0.15, 0.2) is 0 Å². The normalized spacial score (nSPS) is 14.1. The average molecular weight is 368 g/mol. The summed E-state index contributed by atoms with van der Waals surface area (Å²) in [6.07, 6.45) is 0.518. The van der Waals surface area contributed by atoms with E-state index in [1.807, 2.05) is 41.3 Å². The van der Waals surface area contributed by atoms with Gasteiger partial charge in [0.25, 0.3) is 5.69 Å². The number of benzene rings is 2. The number of rotatable bonds is 4. The van der Waals surface area contributed by atoms with E-state index in [9.17, 15) is 14.9 Å². The van der Waals surface area contributed by atoms with Crippen LogP contribution in [0.1, 0.15) is 11.1 Å². The molecule has 3 rings (SSSR count). The highest BCUT2D eigenvalue weighted by atomic mass is 16.6.